The van der Waals surface area contributed by atoms with E-state index in [0.29, 0.717) is 13.2 Å². The Morgan fingerprint density at radius 3 is 1.90 bits per heavy atom. The lowest BCUT2D eigenvalue weighted by Crippen LogP contribution is -2.39. The van der Waals surface area contributed by atoms with Gasteiger partial charge in [0, 0.05) is 13.3 Å². The van der Waals surface area contributed by atoms with Crippen LogP contribution in [0.1, 0.15) is 24.5 Å². The fraction of sp³-hybridized carbons (Fsp3) is 0.391. The first-order chi connectivity index (χ1) is 14.2. The van der Waals surface area contributed by atoms with E-state index in [9.17, 15) is 9.59 Å². The van der Waals surface area contributed by atoms with Crippen LogP contribution >= 0.6 is 0 Å². The number of carbonyl (C=O) groups excluding carboxylic acids is 2. The molecule has 154 valence electrons. The molecule has 2 aromatic carbocycles. The minimum absolute atomic E-state index is 0.0509. The molecule has 4 atom stereocenters. The van der Waals surface area contributed by atoms with Gasteiger partial charge in [0.1, 0.15) is 31.2 Å². The first-order valence-corrected chi connectivity index (χ1v) is 9.71. The van der Waals surface area contributed by atoms with Crippen molar-refractivity contribution < 1.29 is 28.5 Å². The van der Waals surface area contributed by atoms with Crippen LogP contribution in [-0.2, 0) is 41.8 Å². The SMILES string of the molecule is CC(=O)OC[C@@H]1O[C@@H](CC=O)[C@H](OCc2ccccc2)[C@H]1OCc1ccccc1. The van der Waals surface area contributed by atoms with Crippen molar-refractivity contribution in [1.82, 2.24) is 0 Å². The summed E-state index contributed by atoms with van der Waals surface area (Å²) in [6.07, 6.45) is -0.897. The van der Waals surface area contributed by atoms with Gasteiger partial charge in [-0.2, -0.15) is 0 Å². The summed E-state index contributed by atoms with van der Waals surface area (Å²) in [6.45, 7) is 2.14. The second kappa shape index (κ2) is 10.9. The van der Waals surface area contributed by atoms with Crippen LogP contribution in [0.2, 0.25) is 0 Å². The summed E-state index contributed by atoms with van der Waals surface area (Å²) in [4.78, 5) is 22.5. The summed E-state index contributed by atoms with van der Waals surface area (Å²) in [5.74, 6) is -0.393. The topological polar surface area (TPSA) is 71.1 Å². The van der Waals surface area contributed by atoms with Gasteiger partial charge >= 0.3 is 5.97 Å². The normalized spacial score (nSPS) is 23.6. The van der Waals surface area contributed by atoms with E-state index in [1.165, 1.54) is 6.92 Å². The molecule has 6 nitrogen and oxygen atoms in total. The average molecular weight is 398 g/mol. The lowest BCUT2D eigenvalue weighted by molar-refractivity contribution is -0.148. The molecule has 1 aliphatic heterocycles. The average Bonchev–Trinajstić information content (AvgIpc) is 3.07. The lowest BCUT2D eigenvalue weighted by atomic mass is 10.1. The molecule has 0 amide bonds. The van der Waals surface area contributed by atoms with Gasteiger partial charge in [-0.1, -0.05) is 60.7 Å². The first-order valence-electron chi connectivity index (χ1n) is 9.71. The Hall–Kier alpha value is -2.54. The highest BCUT2D eigenvalue weighted by Crippen LogP contribution is 2.30. The van der Waals surface area contributed by atoms with Crippen LogP contribution in [0, 0.1) is 0 Å². The summed E-state index contributed by atoms with van der Waals surface area (Å²) < 4.78 is 23.5. The van der Waals surface area contributed by atoms with E-state index in [4.69, 9.17) is 18.9 Å². The molecule has 6 heteroatoms. The zero-order valence-corrected chi connectivity index (χ0v) is 16.4. The van der Waals surface area contributed by atoms with Crippen LogP contribution in [0.5, 0.6) is 0 Å². The Balaban J connectivity index is 1.73. The molecule has 1 heterocycles. The monoisotopic (exact) mass is 398 g/mol. The van der Waals surface area contributed by atoms with Crippen LogP contribution < -0.4 is 0 Å². The van der Waals surface area contributed by atoms with Crippen LogP contribution in [0.3, 0.4) is 0 Å². The van der Waals surface area contributed by atoms with Gasteiger partial charge in [0.05, 0.1) is 19.3 Å². The van der Waals surface area contributed by atoms with Crippen molar-refractivity contribution in [2.45, 2.75) is 51.0 Å². The highest BCUT2D eigenvalue weighted by Gasteiger charge is 2.46. The number of benzene rings is 2. The fourth-order valence-corrected chi connectivity index (χ4v) is 3.36. The third kappa shape index (κ3) is 6.22. The molecule has 0 bridgehead atoms. The van der Waals surface area contributed by atoms with Gasteiger partial charge in [-0.25, -0.2) is 0 Å². The summed E-state index contributed by atoms with van der Waals surface area (Å²) in [5, 5.41) is 0. The van der Waals surface area contributed by atoms with Crippen LogP contribution in [0.15, 0.2) is 60.7 Å². The molecule has 0 N–H and O–H groups in total. The lowest BCUT2D eigenvalue weighted by Gasteiger charge is -2.24. The second-order valence-electron chi connectivity index (χ2n) is 6.94. The van der Waals surface area contributed by atoms with Crippen molar-refractivity contribution in [1.29, 1.82) is 0 Å². The van der Waals surface area contributed by atoms with E-state index in [1.54, 1.807) is 0 Å². The van der Waals surface area contributed by atoms with E-state index >= 15 is 0 Å². The molecule has 29 heavy (non-hydrogen) atoms. The zero-order valence-electron chi connectivity index (χ0n) is 16.4. The molecule has 2 aromatic rings. The standard InChI is InChI=1S/C23H26O6/c1-17(25)26-16-21-23(28-15-19-10-6-3-7-11-19)22(20(29-21)12-13-24)27-14-18-8-4-2-5-9-18/h2-11,13,20-23H,12,14-16H2,1H3/t20-,21-,22-,23-/m0/s1. The van der Waals surface area contributed by atoms with Crippen molar-refractivity contribution in [3.8, 4) is 0 Å². The maximum Gasteiger partial charge on any atom is 0.302 e. The molecule has 0 radical (unpaired) electrons. The number of hydrogen-bond donors (Lipinski definition) is 0. The Bertz CT molecular complexity index is 763. The van der Waals surface area contributed by atoms with Gasteiger partial charge < -0.3 is 23.7 Å². The molecule has 3 rings (SSSR count). The maximum atomic E-state index is 11.3. The highest BCUT2D eigenvalue weighted by atomic mass is 16.6. The summed E-state index contributed by atoms with van der Waals surface area (Å²) >= 11 is 0. The number of aldehydes is 1. The van der Waals surface area contributed by atoms with Crippen molar-refractivity contribution in [3.05, 3.63) is 71.8 Å². The van der Waals surface area contributed by atoms with Crippen LogP contribution in [0.25, 0.3) is 0 Å². The summed E-state index contributed by atoms with van der Waals surface area (Å²) in [7, 11) is 0. The van der Waals surface area contributed by atoms with Crippen molar-refractivity contribution in [3.63, 3.8) is 0 Å². The summed E-state index contributed by atoms with van der Waals surface area (Å²) in [5.41, 5.74) is 2.03. The van der Waals surface area contributed by atoms with Crippen LogP contribution in [0.4, 0.5) is 0 Å². The molecule has 0 aliphatic carbocycles. The minimum atomic E-state index is -0.506. The molecule has 1 fully saturated rings. The zero-order chi connectivity index (χ0) is 20.5. The van der Waals surface area contributed by atoms with Gasteiger partial charge in [0.25, 0.3) is 0 Å². The third-order valence-electron chi connectivity index (χ3n) is 4.76. The number of ether oxygens (including phenoxy) is 4. The molecule has 0 spiro atoms. The van der Waals surface area contributed by atoms with E-state index < -0.39 is 30.4 Å². The quantitative estimate of drug-likeness (QED) is 0.452. The Labute approximate surface area is 170 Å². The van der Waals surface area contributed by atoms with E-state index in [0.717, 1.165) is 17.4 Å². The minimum Gasteiger partial charge on any atom is -0.463 e. The Morgan fingerprint density at radius 1 is 0.897 bits per heavy atom. The number of rotatable bonds is 10. The smallest absolute Gasteiger partial charge is 0.302 e. The molecule has 1 aliphatic rings. The van der Waals surface area contributed by atoms with Gasteiger partial charge in [-0.05, 0) is 11.1 Å². The van der Waals surface area contributed by atoms with Gasteiger partial charge in [0.15, 0.2) is 0 Å². The van der Waals surface area contributed by atoms with Gasteiger partial charge in [-0.3, -0.25) is 4.79 Å². The van der Waals surface area contributed by atoms with Gasteiger partial charge in [0.2, 0.25) is 0 Å². The van der Waals surface area contributed by atoms with Crippen molar-refractivity contribution in [2.24, 2.45) is 0 Å². The predicted octanol–water partition coefficient (Wildman–Crippen LogP) is 3.08. The number of hydrogen-bond acceptors (Lipinski definition) is 6. The maximum absolute atomic E-state index is 11.3. The van der Waals surface area contributed by atoms with E-state index in [-0.39, 0.29) is 13.0 Å². The largest absolute Gasteiger partial charge is 0.463 e. The Kier molecular flexibility index (Phi) is 7.93. The second-order valence-corrected chi connectivity index (χ2v) is 6.94. The molecule has 1 saturated heterocycles. The first kappa shape index (κ1) is 21.2. The molecular weight excluding hydrogens is 372 g/mol. The highest BCUT2D eigenvalue weighted by molar-refractivity contribution is 5.65. The van der Waals surface area contributed by atoms with E-state index in [2.05, 4.69) is 0 Å². The van der Waals surface area contributed by atoms with Crippen LogP contribution in [-0.4, -0.2) is 43.3 Å². The fourth-order valence-electron chi connectivity index (χ4n) is 3.36. The van der Waals surface area contributed by atoms with Crippen molar-refractivity contribution >= 4 is 12.3 Å². The predicted molar refractivity (Wildman–Crippen MR) is 106 cm³/mol. The van der Waals surface area contributed by atoms with E-state index in [1.807, 2.05) is 60.7 Å². The van der Waals surface area contributed by atoms with Crippen molar-refractivity contribution in [2.75, 3.05) is 6.61 Å². The number of carbonyl (C=O) groups is 2. The Morgan fingerprint density at radius 2 is 1.41 bits per heavy atom. The number of esters is 1. The third-order valence-corrected chi connectivity index (χ3v) is 4.76. The molecule has 0 saturated carbocycles. The summed E-state index contributed by atoms with van der Waals surface area (Å²) in [6, 6.07) is 19.5. The molecular formula is C23H26O6. The molecule has 0 unspecified atom stereocenters. The molecule has 0 aromatic heterocycles. The van der Waals surface area contributed by atoms with Gasteiger partial charge in [-0.15, -0.1) is 0 Å².